The third kappa shape index (κ3) is 4.22. The van der Waals surface area contributed by atoms with Crippen LogP contribution in [0.25, 0.3) is 11.1 Å². The van der Waals surface area contributed by atoms with Gasteiger partial charge in [0.2, 0.25) is 0 Å². The Kier molecular flexibility index (Phi) is 5.54. The highest BCUT2D eigenvalue weighted by molar-refractivity contribution is 5.81. The zero-order chi connectivity index (χ0) is 18.4. The molecule has 0 aromatic heterocycles. The molecule has 3 rings (SSSR count). The van der Waals surface area contributed by atoms with Crippen molar-refractivity contribution >= 4 is 11.7 Å². The molecule has 0 saturated heterocycles. The number of phenols is 1. The Hall–Kier alpha value is -3.27. The van der Waals surface area contributed by atoms with Crippen molar-refractivity contribution in [3.8, 4) is 16.9 Å². The highest BCUT2D eigenvalue weighted by Crippen LogP contribution is 2.30. The number of benzene rings is 3. The lowest BCUT2D eigenvalue weighted by Crippen LogP contribution is -2.32. The zero-order valence-electron chi connectivity index (χ0n) is 14.6. The number of nitrogens with one attached hydrogen (secondary N) is 1. The van der Waals surface area contributed by atoms with Gasteiger partial charge in [-0.1, -0.05) is 66.7 Å². The smallest absolute Gasteiger partial charge is 0.328 e. The van der Waals surface area contributed by atoms with E-state index in [1.165, 1.54) is 7.11 Å². The largest absolute Gasteiger partial charge is 0.506 e. The van der Waals surface area contributed by atoms with Crippen molar-refractivity contribution in [3.05, 3.63) is 84.4 Å². The first kappa shape index (κ1) is 17.5. The molecule has 26 heavy (non-hydrogen) atoms. The molecule has 4 nitrogen and oxygen atoms in total. The van der Waals surface area contributed by atoms with Crippen molar-refractivity contribution in [2.45, 2.75) is 12.5 Å². The van der Waals surface area contributed by atoms with E-state index in [4.69, 9.17) is 4.74 Å². The number of rotatable bonds is 6. The van der Waals surface area contributed by atoms with Gasteiger partial charge in [-0.2, -0.15) is 0 Å². The van der Waals surface area contributed by atoms with E-state index in [2.05, 4.69) is 5.32 Å². The second-order valence-electron chi connectivity index (χ2n) is 6.01. The molecule has 0 fully saturated rings. The number of ether oxygens (including phenoxy) is 1. The van der Waals surface area contributed by atoms with Crippen molar-refractivity contribution in [1.82, 2.24) is 0 Å². The van der Waals surface area contributed by atoms with Crippen LogP contribution in [0.3, 0.4) is 0 Å². The number of carbonyl (C=O) groups excluding carboxylic acids is 1. The van der Waals surface area contributed by atoms with Gasteiger partial charge in [-0.05, 0) is 28.8 Å². The molecule has 0 unspecified atom stereocenters. The molecular weight excluding hydrogens is 326 g/mol. The Bertz CT molecular complexity index is 863. The van der Waals surface area contributed by atoms with Crippen LogP contribution in [-0.2, 0) is 16.0 Å². The lowest BCUT2D eigenvalue weighted by atomic mass is 10.0. The number of aromatic hydroxyl groups is 1. The number of phenolic OH excluding ortho intramolecular Hbond substituents is 1. The summed E-state index contributed by atoms with van der Waals surface area (Å²) in [6, 6.07) is 24.3. The number of hydrogen-bond donors (Lipinski definition) is 2. The van der Waals surface area contributed by atoms with Gasteiger partial charge >= 0.3 is 5.97 Å². The predicted molar refractivity (Wildman–Crippen MR) is 103 cm³/mol. The summed E-state index contributed by atoms with van der Waals surface area (Å²) in [7, 11) is 1.36. The summed E-state index contributed by atoms with van der Waals surface area (Å²) in [6.45, 7) is 0. The fourth-order valence-corrected chi connectivity index (χ4v) is 2.83. The summed E-state index contributed by atoms with van der Waals surface area (Å²) in [5, 5.41) is 13.4. The maximum atomic E-state index is 12.2. The predicted octanol–water partition coefficient (Wildman–Crippen LogP) is 4.26. The van der Waals surface area contributed by atoms with E-state index in [9.17, 15) is 9.90 Å². The van der Waals surface area contributed by atoms with Crippen molar-refractivity contribution in [1.29, 1.82) is 0 Å². The van der Waals surface area contributed by atoms with Crippen molar-refractivity contribution in [2.24, 2.45) is 0 Å². The lowest BCUT2D eigenvalue weighted by molar-refractivity contribution is -0.141. The molecule has 0 heterocycles. The van der Waals surface area contributed by atoms with Gasteiger partial charge in [0.1, 0.15) is 11.8 Å². The van der Waals surface area contributed by atoms with Crippen LogP contribution in [-0.4, -0.2) is 24.2 Å². The quantitative estimate of drug-likeness (QED) is 0.517. The molecule has 132 valence electrons. The zero-order valence-corrected chi connectivity index (χ0v) is 14.6. The van der Waals surface area contributed by atoms with Crippen LogP contribution in [0.4, 0.5) is 5.69 Å². The molecule has 4 heteroatoms. The van der Waals surface area contributed by atoms with E-state index < -0.39 is 6.04 Å². The molecular formula is C22H21NO3. The minimum Gasteiger partial charge on any atom is -0.506 e. The minimum absolute atomic E-state index is 0.0895. The van der Waals surface area contributed by atoms with Crippen LogP contribution < -0.4 is 5.32 Å². The van der Waals surface area contributed by atoms with E-state index in [0.717, 1.165) is 16.7 Å². The molecule has 0 amide bonds. The van der Waals surface area contributed by atoms with Gasteiger partial charge in [-0.15, -0.1) is 0 Å². The Morgan fingerprint density at radius 1 is 0.962 bits per heavy atom. The van der Waals surface area contributed by atoms with Crippen LogP contribution in [0.1, 0.15) is 5.56 Å². The molecule has 0 bridgehead atoms. The maximum Gasteiger partial charge on any atom is 0.328 e. The number of methoxy groups -OCH3 is 1. The molecule has 0 radical (unpaired) electrons. The molecule has 3 aromatic carbocycles. The summed E-state index contributed by atoms with van der Waals surface area (Å²) in [6.07, 6.45) is 0.461. The SMILES string of the molecule is COC(=O)[C@H](Cc1ccccc1)Nc1cc(-c2ccccc2)ccc1O. The molecule has 0 aliphatic rings. The highest BCUT2D eigenvalue weighted by atomic mass is 16.5. The standard InChI is InChI=1S/C22H21NO3/c1-26-22(25)20(14-16-8-4-2-5-9-16)23-19-15-18(12-13-21(19)24)17-10-6-3-7-11-17/h2-13,15,20,23-24H,14H2,1H3/t20-/m0/s1. The number of carbonyl (C=O) groups is 1. The second-order valence-corrected chi connectivity index (χ2v) is 6.01. The van der Waals surface area contributed by atoms with Gasteiger partial charge in [0, 0.05) is 6.42 Å². The Labute approximate surface area is 153 Å². The monoisotopic (exact) mass is 347 g/mol. The molecule has 0 aliphatic heterocycles. The third-order valence-corrected chi connectivity index (χ3v) is 4.20. The van der Waals surface area contributed by atoms with E-state index in [1.54, 1.807) is 6.07 Å². The van der Waals surface area contributed by atoms with Gasteiger partial charge in [0.15, 0.2) is 0 Å². The first-order valence-electron chi connectivity index (χ1n) is 8.44. The average Bonchev–Trinajstić information content (AvgIpc) is 2.70. The van der Waals surface area contributed by atoms with Gasteiger partial charge < -0.3 is 15.2 Å². The molecule has 2 N–H and O–H groups in total. The van der Waals surface area contributed by atoms with E-state index in [1.807, 2.05) is 72.8 Å². The van der Waals surface area contributed by atoms with Crippen molar-refractivity contribution in [2.75, 3.05) is 12.4 Å². The van der Waals surface area contributed by atoms with Crippen LogP contribution >= 0.6 is 0 Å². The second kappa shape index (κ2) is 8.21. The normalized spacial score (nSPS) is 11.6. The summed E-state index contributed by atoms with van der Waals surface area (Å²) < 4.78 is 4.93. The fourth-order valence-electron chi connectivity index (χ4n) is 2.83. The van der Waals surface area contributed by atoms with Gasteiger partial charge in [0.05, 0.1) is 12.8 Å². The highest BCUT2D eigenvalue weighted by Gasteiger charge is 2.21. The Balaban J connectivity index is 1.87. The molecule has 0 spiro atoms. The van der Waals surface area contributed by atoms with Crippen LogP contribution in [0, 0.1) is 0 Å². The van der Waals surface area contributed by atoms with Gasteiger partial charge in [-0.25, -0.2) is 4.79 Å². The molecule has 3 aromatic rings. The van der Waals surface area contributed by atoms with Crippen LogP contribution in [0.5, 0.6) is 5.75 Å². The van der Waals surface area contributed by atoms with Gasteiger partial charge in [0.25, 0.3) is 0 Å². The summed E-state index contributed by atoms with van der Waals surface area (Å²) in [4.78, 5) is 12.2. The first-order chi connectivity index (χ1) is 12.7. The number of hydrogen-bond acceptors (Lipinski definition) is 4. The summed E-state index contributed by atoms with van der Waals surface area (Å²) in [5.41, 5.74) is 3.49. The summed E-state index contributed by atoms with van der Waals surface area (Å²) >= 11 is 0. The van der Waals surface area contributed by atoms with E-state index in [0.29, 0.717) is 12.1 Å². The number of anilines is 1. The fraction of sp³-hybridized carbons (Fsp3) is 0.136. The van der Waals surface area contributed by atoms with E-state index in [-0.39, 0.29) is 11.7 Å². The Morgan fingerprint density at radius 2 is 1.62 bits per heavy atom. The minimum atomic E-state index is -0.598. The number of esters is 1. The average molecular weight is 347 g/mol. The molecule has 0 aliphatic carbocycles. The van der Waals surface area contributed by atoms with Crippen molar-refractivity contribution < 1.29 is 14.6 Å². The van der Waals surface area contributed by atoms with E-state index >= 15 is 0 Å². The van der Waals surface area contributed by atoms with Crippen LogP contribution in [0.15, 0.2) is 78.9 Å². The first-order valence-corrected chi connectivity index (χ1v) is 8.44. The van der Waals surface area contributed by atoms with Crippen LogP contribution in [0.2, 0.25) is 0 Å². The molecule has 0 saturated carbocycles. The third-order valence-electron chi connectivity index (χ3n) is 4.20. The Morgan fingerprint density at radius 3 is 2.27 bits per heavy atom. The lowest BCUT2D eigenvalue weighted by Gasteiger charge is -2.19. The topological polar surface area (TPSA) is 58.6 Å². The van der Waals surface area contributed by atoms with Crippen molar-refractivity contribution in [3.63, 3.8) is 0 Å². The molecule has 1 atom stereocenters. The van der Waals surface area contributed by atoms with Gasteiger partial charge in [-0.3, -0.25) is 0 Å². The summed E-state index contributed by atoms with van der Waals surface area (Å²) in [5.74, 6) is -0.287. The maximum absolute atomic E-state index is 12.2.